The molecule has 0 saturated heterocycles. The van der Waals surface area contributed by atoms with Crippen LogP contribution in [0.1, 0.15) is 17.0 Å². The summed E-state index contributed by atoms with van der Waals surface area (Å²) in [7, 11) is 4.73. The maximum Gasteiger partial charge on any atom is 0.220 e. The zero-order valence-corrected chi connectivity index (χ0v) is 16.4. The lowest BCUT2D eigenvalue weighted by molar-refractivity contribution is -0.121. The molecular formula is C20H22N2O4S. The second kappa shape index (κ2) is 8.73. The lowest BCUT2D eigenvalue weighted by Crippen LogP contribution is -2.23. The second-order valence-corrected chi connectivity index (χ2v) is 6.99. The summed E-state index contributed by atoms with van der Waals surface area (Å²) >= 11 is 1.63. The van der Waals surface area contributed by atoms with Gasteiger partial charge in [-0.25, -0.2) is 4.98 Å². The molecule has 3 rings (SSSR count). The Balaban J connectivity index is 1.60. The highest BCUT2D eigenvalue weighted by Gasteiger charge is 2.13. The number of carbonyl (C=O) groups excluding carboxylic acids is 1. The molecule has 1 N–H and O–H groups in total. The number of ether oxygens (including phenoxy) is 3. The standard InChI is InChI=1S/C20H22N2O4S/c1-24-15-11-17(26-3)16(25-2)10-13(15)12-21-19(23)8-9-20-22-14-6-4-5-7-18(14)27-20/h4-7,10-11H,8-9,12H2,1-3H3,(H,21,23). The lowest BCUT2D eigenvalue weighted by Gasteiger charge is -2.14. The first-order valence-corrected chi connectivity index (χ1v) is 9.36. The highest BCUT2D eigenvalue weighted by molar-refractivity contribution is 7.18. The Morgan fingerprint density at radius 3 is 2.44 bits per heavy atom. The molecule has 1 amide bonds. The highest BCUT2D eigenvalue weighted by atomic mass is 32.1. The first-order valence-electron chi connectivity index (χ1n) is 8.54. The summed E-state index contributed by atoms with van der Waals surface area (Å²) < 4.78 is 17.1. The molecular weight excluding hydrogens is 364 g/mol. The number of aryl methyl sites for hydroxylation is 1. The van der Waals surface area contributed by atoms with E-state index in [1.165, 1.54) is 0 Å². The Hall–Kier alpha value is -2.80. The van der Waals surface area contributed by atoms with Crippen LogP contribution in [-0.2, 0) is 17.8 Å². The molecule has 2 aromatic carbocycles. The average Bonchev–Trinajstić information content (AvgIpc) is 3.12. The summed E-state index contributed by atoms with van der Waals surface area (Å²) in [5.41, 5.74) is 1.80. The van der Waals surface area contributed by atoms with Crippen LogP contribution in [0.4, 0.5) is 0 Å². The fraction of sp³-hybridized carbons (Fsp3) is 0.300. The number of methoxy groups -OCH3 is 3. The van der Waals surface area contributed by atoms with E-state index in [-0.39, 0.29) is 5.91 Å². The molecule has 1 aromatic heterocycles. The van der Waals surface area contributed by atoms with Crippen molar-refractivity contribution in [1.29, 1.82) is 0 Å². The zero-order valence-electron chi connectivity index (χ0n) is 15.6. The van der Waals surface area contributed by atoms with Gasteiger partial charge in [-0.15, -0.1) is 11.3 Å². The first-order chi connectivity index (χ1) is 13.1. The van der Waals surface area contributed by atoms with Crippen LogP contribution in [0.25, 0.3) is 10.2 Å². The number of carbonyl (C=O) groups is 1. The van der Waals surface area contributed by atoms with E-state index in [9.17, 15) is 4.79 Å². The largest absolute Gasteiger partial charge is 0.496 e. The molecule has 7 heteroatoms. The molecule has 0 saturated carbocycles. The van der Waals surface area contributed by atoms with Crippen LogP contribution in [0.15, 0.2) is 36.4 Å². The van der Waals surface area contributed by atoms with Gasteiger partial charge in [-0.1, -0.05) is 12.1 Å². The molecule has 27 heavy (non-hydrogen) atoms. The van der Waals surface area contributed by atoms with E-state index in [0.717, 1.165) is 20.8 Å². The summed E-state index contributed by atoms with van der Waals surface area (Å²) in [6.45, 7) is 0.349. The van der Waals surface area contributed by atoms with E-state index in [2.05, 4.69) is 10.3 Å². The van der Waals surface area contributed by atoms with Crippen LogP contribution >= 0.6 is 11.3 Å². The van der Waals surface area contributed by atoms with Crippen LogP contribution in [0, 0.1) is 0 Å². The maximum atomic E-state index is 12.3. The van der Waals surface area contributed by atoms with Crippen molar-refractivity contribution in [3.63, 3.8) is 0 Å². The average molecular weight is 386 g/mol. The molecule has 3 aromatic rings. The third-order valence-corrected chi connectivity index (χ3v) is 5.26. The predicted molar refractivity (Wildman–Crippen MR) is 106 cm³/mol. The molecule has 142 valence electrons. The van der Waals surface area contributed by atoms with Crippen LogP contribution < -0.4 is 19.5 Å². The summed E-state index contributed by atoms with van der Waals surface area (Å²) in [4.78, 5) is 16.8. The van der Waals surface area contributed by atoms with Gasteiger partial charge in [0.1, 0.15) is 5.75 Å². The van der Waals surface area contributed by atoms with Gasteiger partial charge in [0.15, 0.2) is 11.5 Å². The topological polar surface area (TPSA) is 69.7 Å². The number of nitrogens with one attached hydrogen (secondary N) is 1. The molecule has 0 aliphatic carbocycles. The summed E-state index contributed by atoms with van der Waals surface area (Å²) in [5.74, 6) is 1.78. The predicted octanol–water partition coefficient (Wildman–Crippen LogP) is 3.57. The van der Waals surface area contributed by atoms with Crippen molar-refractivity contribution in [2.24, 2.45) is 0 Å². The number of aromatic nitrogens is 1. The second-order valence-electron chi connectivity index (χ2n) is 5.87. The van der Waals surface area contributed by atoms with Crippen LogP contribution in [0.5, 0.6) is 17.2 Å². The van der Waals surface area contributed by atoms with Crippen LogP contribution in [-0.4, -0.2) is 32.2 Å². The summed E-state index contributed by atoms with van der Waals surface area (Å²) in [6, 6.07) is 11.5. The Morgan fingerprint density at radius 1 is 1.04 bits per heavy atom. The number of hydrogen-bond acceptors (Lipinski definition) is 6. The minimum absolute atomic E-state index is 0.0360. The van der Waals surface area contributed by atoms with Crippen molar-refractivity contribution in [2.75, 3.05) is 21.3 Å². The Kier molecular flexibility index (Phi) is 6.13. The number of amides is 1. The molecule has 0 aliphatic rings. The van der Waals surface area contributed by atoms with E-state index >= 15 is 0 Å². The molecule has 0 aliphatic heterocycles. The van der Waals surface area contributed by atoms with Crippen molar-refractivity contribution in [2.45, 2.75) is 19.4 Å². The number of benzene rings is 2. The summed E-state index contributed by atoms with van der Waals surface area (Å²) in [6.07, 6.45) is 1.00. The monoisotopic (exact) mass is 386 g/mol. The van der Waals surface area contributed by atoms with E-state index < -0.39 is 0 Å². The molecule has 0 unspecified atom stereocenters. The molecule has 0 atom stereocenters. The SMILES string of the molecule is COc1cc(OC)c(OC)cc1CNC(=O)CCc1nc2ccccc2s1. The van der Waals surface area contributed by atoms with Gasteiger partial charge in [-0.2, -0.15) is 0 Å². The molecule has 0 spiro atoms. The van der Waals surface area contributed by atoms with Crippen LogP contribution in [0.3, 0.4) is 0 Å². The van der Waals surface area contributed by atoms with Gasteiger partial charge >= 0.3 is 0 Å². The Bertz CT molecular complexity index is 906. The van der Waals surface area contributed by atoms with Crippen molar-refractivity contribution in [3.05, 3.63) is 47.0 Å². The van der Waals surface area contributed by atoms with Crippen LogP contribution in [0.2, 0.25) is 0 Å². The third-order valence-electron chi connectivity index (χ3n) is 4.17. The number of nitrogens with zero attached hydrogens (tertiary/aromatic N) is 1. The first kappa shape index (κ1) is 19.0. The molecule has 0 radical (unpaired) electrons. The lowest BCUT2D eigenvalue weighted by atomic mass is 10.1. The van der Waals surface area contributed by atoms with E-state index in [4.69, 9.17) is 14.2 Å². The van der Waals surface area contributed by atoms with Crippen molar-refractivity contribution in [1.82, 2.24) is 10.3 Å². The van der Waals surface area contributed by atoms with Gasteiger partial charge in [-0.05, 0) is 18.2 Å². The number of rotatable bonds is 8. The quantitative estimate of drug-likeness (QED) is 0.641. The molecule has 0 fully saturated rings. The van der Waals surface area contributed by atoms with Gasteiger partial charge in [0, 0.05) is 31.0 Å². The van der Waals surface area contributed by atoms with E-state index in [0.29, 0.717) is 36.6 Å². The van der Waals surface area contributed by atoms with E-state index in [1.54, 1.807) is 38.7 Å². The number of hydrogen-bond donors (Lipinski definition) is 1. The molecule has 0 bridgehead atoms. The van der Waals surface area contributed by atoms with Crippen molar-refractivity contribution < 1.29 is 19.0 Å². The van der Waals surface area contributed by atoms with Gasteiger partial charge in [0.05, 0.1) is 36.6 Å². The van der Waals surface area contributed by atoms with E-state index in [1.807, 2.05) is 30.3 Å². The highest BCUT2D eigenvalue weighted by Crippen LogP contribution is 2.34. The van der Waals surface area contributed by atoms with Crippen molar-refractivity contribution >= 4 is 27.5 Å². The summed E-state index contributed by atoms with van der Waals surface area (Å²) in [5, 5.41) is 3.90. The molecule has 1 heterocycles. The molecule has 6 nitrogen and oxygen atoms in total. The van der Waals surface area contributed by atoms with Gasteiger partial charge < -0.3 is 19.5 Å². The third kappa shape index (κ3) is 4.49. The minimum atomic E-state index is -0.0360. The number of para-hydroxylation sites is 1. The van der Waals surface area contributed by atoms with Gasteiger partial charge in [-0.3, -0.25) is 4.79 Å². The van der Waals surface area contributed by atoms with Crippen molar-refractivity contribution in [3.8, 4) is 17.2 Å². The fourth-order valence-electron chi connectivity index (χ4n) is 2.76. The minimum Gasteiger partial charge on any atom is -0.496 e. The Labute approximate surface area is 162 Å². The smallest absolute Gasteiger partial charge is 0.220 e. The maximum absolute atomic E-state index is 12.3. The number of thiazole rings is 1. The normalized spacial score (nSPS) is 10.6. The Morgan fingerprint density at radius 2 is 1.74 bits per heavy atom. The number of fused-ring (bicyclic) bond motifs is 1. The van der Waals surface area contributed by atoms with Gasteiger partial charge in [0.25, 0.3) is 0 Å². The van der Waals surface area contributed by atoms with Gasteiger partial charge in [0.2, 0.25) is 5.91 Å². The zero-order chi connectivity index (χ0) is 19.2. The fourth-order valence-corrected chi connectivity index (χ4v) is 3.73.